The number of anilines is 1. The highest BCUT2D eigenvalue weighted by Gasteiger charge is 2.25. The molecule has 0 atom stereocenters. The van der Waals surface area contributed by atoms with Crippen LogP contribution in [-0.4, -0.2) is 69.7 Å². The van der Waals surface area contributed by atoms with Crippen LogP contribution in [0.15, 0.2) is 24.5 Å². The van der Waals surface area contributed by atoms with Crippen molar-refractivity contribution in [2.24, 2.45) is 0 Å². The third-order valence-electron chi connectivity index (χ3n) is 4.94. The summed E-state index contributed by atoms with van der Waals surface area (Å²) >= 11 is 0. The van der Waals surface area contributed by atoms with Crippen molar-refractivity contribution in [3.05, 3.63) is 35.9 Å². The van der Waals surface area contributed by atoms with Crippen molar-refractivity contribution in [1.82, 2.24) is 19.9 Å². The van der Waals surface area contributed by atoms with Crippen molar-refractivity contribution in [1.29, 1.82) is 0 Å². The maximum atomic E-state index is 12.0. The molecule has 0 radical (unpaired) electrons. The third-order valence-corrected chi connectivity index (χ3v) is 4.94. The average Bonchev–Trinajstić information content (AvgIpc) is 2.76. The van der Waals surface area contributed by atoms with E-state index in [1.54, 1.807) is 11.0 Å². The fourth-order valence-electron chi connectivity index (χ4n) is 3.31. The Labute approximate surface area is 187 Å². The predicted octanol–water partition coefficient (Wildman–Crippen LogP) is 2.55. The third kappa shape index (κ3) is 6.94. The van der Waals surface area contributed by atoms with Gasteiger partial charge in [0.1, 0.15) is 12.4 Å². The monoisotopic (exact) mass is 445 g/mol. The van der Waals surface area contributed by atoms with Crippen LogP contribution >= 0.6 is 0 Å². The number of nitrogens with one attached hydrogen (secondary N) is 1. The fourth-order valence-corrected chi connectivity index (χ4v) is 3.31. The Morgan fingerprint density at radius 1 is 1.25 bits per heavy atom. The minimum atomic E-state index is -0.280. The molecule has 174 valence electrons. The van der Waals surface area contributed by atoms with E-state index in [0.29, 0.717) is 44.1 Å². The van der Waals surface area contributed by atoms with Gasteiger partial charge in [-0.05, 0) is 32.9 Å². The molecule has 0 unspecified atom stereocenters. The van der Waals surface area contributed by atoms with E-state index in [-0.39, 0.29) is 31.6 Å². The second kappa shape index (κ2) is 11.5. The molecule has 2 N–H and O–H groups in total. The summed E-state index contributed by atoms with van der Waals surface area (Å²) in [5.74, 6) is 0.826. The summed E-state index contributed by atoms with van der Waals surface area (Å²) in [6.07, 6.45) is 2.89. The number of hydrogen-bond acceptors (Lipinski definition) is 9. The Hall–Kier alpha value is -3.14. The van der Waals surface area contributed by atoms with Gasteiger partial charge in [-0.15, -0.1) is 0 Å². The molecule has 0 bridgehead atoms. The molecule has 1 fully saturated rings. The van der Waals surface area contributed by atoms with E-state index < -0.39 is 0 Å². The Balaban J connectivity index is 1.45. The van der Waals surface area contributed by atoms with Crippen LogP contribution in [0.1, 0.15) is 38.1 Å². The Kier molecular flexibility index (Phi) is 8.43. The predicted molar refractivity (Wildman–Crippen MR) is 118 cm³/mol. The van der Waals surface area contributed by atoms with E-state index in [0.717, 1.165) is 17.1 Å². The zero-order valence-corrected chi connectivity index (χ0v) is 18.8. The van der Waals surface area contributed by atoms with E-state index in [4.69, 9.17) is 19.3 Å². The zero-order valence-electron chi connectivity index (χ0n) is 18.8. The number of piperidine rings is 1. The summed E-state index contributed by atoms with van der Waals surface area (Å²) < 4.78 is 16.9. The minimum absolute atomic E-state index is 0.0369. The molecule has 0 aromatic carbocycles. The summed E-state index contributed by atoms with van der Waals surface area (Å²) in [5, 5.41) is 12.2. The van der Waals surface area contributed by atoms with Gasteiger partial charge in [0.15, 0.2) is 6.73 Å². The lowest BCUT2D eigenvalue weighted by atomic mass is 10.1. The SMILES string of the molecule is Cc1nc(CCO)ccc1NCOc1cc(OC2CCN(C(=O)OC(C)C)CC2)ncn1. The van der Waals surface area contributed by atoms with Crippen LogP contribution in [0.3, 0.4) is 0 Å². The van der Waals surface area contributed by atoms with Crippen molar-refractivity contribution in [3.8, 4) is 11.8 Å². The standard InChI is InChI=1S/C22H31N5O5/c1-15(2)31-22(29)27-9-6-18(7-10-27)32-21-12-20(23-13-24-21)30-14-25-19-5-4-17(8-11-28)26-16(19)3/h4-5,12-13,15,18,25,28H,6-11,14H2,1-3H3. The number of carbonyl (C=O) groups excluding carboxylic acids is 1. The normalized spacial score (nSPS) is 14.3. The van der Waals surface area contributed by atoms with Gasteiger partial charge in [0.05, 0.1) is 23.6 Å². The molecule has 1 amide bonds. The molecule has 1 aliphatic heterocycles. The number of aliphatic hydroxyl groups is 1. The first-order chi connectivity index (χ1) is 15.4. The minimum Gasteiger partial charge on any atom is -0.474 e. The molecule has 10 heteroatoms. The number of rotatable bonds is 9. The highest BCUT2D eigenvalue weighted by Crippen LogP contribution is 2.20. The first-order valence-electron chi connectivity index (χ1n) is 10.8. The summed E-state index contributed by atoms with van der Waals surface area (Å²) in [6, 6.07) is 5.43. The molecular formula is C22H31N5O5. The highest BCUT2D eigenvalue weighted by molar-refractivity contribution is 5.67. The first-order valence-corrected chi connectivity index (χ1v) is 10.8. The molecule has 2 aromatic rings. The highest BCUT2D eigenvalue weighted by atomic mass is 16.6. The van der Waals surface area contributed by atoms with E-state index in [1.807, 2.05) is 32.9 Å². The topological polar surface area (TPSA) is 119 Å². The van der Waals surface area contributed by atoms with Crippen LogP contribution in [0.25, 0.3) is 0 Å². The summed E-state index contributed by atoms with van der Waals surface area (Å²) in [4.78, 5) is 26.4. The van der Waals surface area contributed by atoms with E-state index in [9.17, 15) is 4.79 Å². The van der Waals surface area contributed by atoms with Gasteiger partial charge in [0, 0.05) is 44.7 Å². The number of ether oxygens (including phenoxy) is 3. The van der Waals surface area contributed by atoms with Crippen molar-refractivity contribution < 1.29 is 24.1 Å². The maximum Gasteiger partial charge on any atom is 0.410 e. The molecule has 10 nitrogen and oxygen atoms in total. The van der Waals surface area contributed by atoms with Crippen LogP contribution in [0.5, 0.6) is 11.8 Å². The van der Waals surface area contributed by atoms with Crippen molar-refractivity contribution in [2.45, 2.75) is 52.2 Å². The average molecular weight is 446 g/mol. The molecule has 2 aromatic heterocycles. The molecule has 1 aliphatic rings. The molecule has 0 aliphatic carbocycles. The largest absolute Gasteiger partial charge is 0.474 e. The van der Waals surface area contributed by atoms with Gasteiger partial charge in [-0.1, -0.05) is 0 Å². The molecule has 0 saturated carbocycles. The number of likely N-dealkylation sites (tertiary alicyclic amines) is 1. The van der Waals surface area contributed by atoms with E-state index in [1.165, 1.54) is 6.33 Å². The maximum absolute atomic E-state index is 12.0. The van der Waals surface area contributed by atoms with Gasteiger partial charge < -0.3 is 29.5 Å². The lowest BCUT2D eigenvalue weighted by Gasteiger charge is -2.31. The van der Waals surface area contributed by atoms with Gasteiger partial charge >= 0.3 is 6.09 Å². The molecule has 32 heavy (non-hydrogen) atoms. The van der Waals surface area contributed by atoms with Crippen LogP contribution in [0.2, 0.25) is 0 Å². The van der Waals surface area contributed by atoms with Gasteiger partial charge in [0.2, 0.25) is 11.8 Å². The Morgan fingerprint density at radius 2 is 2.00 bits per heavy atom. The lowest BCUT2D eigenvalue weighted by Crippen LogP contribution is -2.42. The second-order valence-electron chi connectivity index (χ2n) is 7.81. The van der Waals surface area contributed by atoms with Crippen molar-refractivity contribution in [2.75, 3.05) is 31.7 Å². The fraction of sp³-hybridized carbons (Fsp3) is 0.545. The molecule has 0 spiro atoms. The number of aromatic nitrogens is 3. The van der Waals surface area contributed by atoms with Gasteiger partial charge in [-0.3, -0.25) is 4.98 Å². The number of pyridine rings is 1. The number of amides is 1. The molecule has 3 rings (SSSR count). The summed E-state index contributed by atoms with van der Waals surface area (Å²) in [7, 11) is 0. The molecule has 1 saturated heterocycles. The summed E-state index contributed by atoms with van der Waals surface area (Å²) in [5.41, 5.74) is 2.52. The number of carbonyl (C=O) groups is 1. The van der Waals surface area contributed by atoms with Crippen LogP contribution in [0.4, 0.5) is 10.5 Å². The zero-order chi connectivity index (χ0) is 22.9. The van der Waals surface area contributed by atoms with Gasteiger partial charge in [-0.25, -0.2) is 14.8 Å². The number of hydrogen-bond donors (Lipinski definition) is 2. The van der Waals surface area contributed by atoms with E-state index >= 15 is 0 Å². The molecule has 3 heterocycles. The lowest BCUT2D eigenvalue weighted by molar-refractivity contribution is 0.0506. The summed E-state index contributed by atoms with van der Waals surface area (Å²) in [6.45, 7) is 7.01. The van der Waals surface area contributed by atoms with Crippen LogP contribution in [-0.2, 0) is 11.2 Å². The van der Waals surface area contributed by atoms with Crippen molar-refractivity contribution in [3.63, 3.8) is 0 Å². The number of nitrogens with zero attached hydrogens (tertiary/aromatic N) is 4. The molecular weight excluding hydrogens is 414 g/mol. The smallest absolute Gasteiger partial charge is 0.410 e. The quantitative estimate of drug-likeness (QED) is 0.561. The first kappa shape index (κ1) is 23.5. The Bertz CT molecular complexity index is 887. The number of aryl methyl sites for hydroxylation is 1. The van der Waals surface area contributed by atoms with Gasteiger partial charge in [-0.2, -0.15) is 0 Å². The van der Waals surface area contributed by atoms with Gasteiger partial charge in [0.25, 0.3) is 0 Å². The van der Waals surface area contributed by atoms with E-state index in [2.05, 4.69) is 20.3 Å². The Morgan fingerprint density at radius 3 is 2.69 bits per heavy atom. The van der Waals surface area contributed by atoms with Crippen LogP contribution < -0.4 is 14.8 Å². The van der Waals surface area contributed by atoms with Crippen LogP contribution in [0, 0.1) is 6.92 Å². The number of aliphatic hydroxyl groups excluding tert-OH is 1. The van der Waals surface area contributed by atoms with Crippen molar-refractivity contribution >= 4 is 11.8 Å². The second-order valence-corrected chi connectivity index (χ2v) is 7.81.